The molecule has 10 aromatic carbocycles. The van der Waals surface area contributed by atoms with E-state index >= 15 is 0 Å². The summed E-state index contributed by atoms with van der Waals surface area (Å²) in [6.07, 6.45) is 4.41. The van der Waals surface area contributed by atoms with Crippen molar-refractivity contribution in [3.63, 3.8) is 0 Å². The van der Waals surface area contributed by atoms with Gasteiger partial charge in [0.2, 0.25) is 0 Å². The zero-order valence-corrected chi connectivity index (χ0v) is 57.0. The highest BCUT2D eigenvalue weighted by Crippen LogP contribution is 2.65. The molecular weight excluding hydrogens is 1100 g/mol. The van der Waals surface area contributed by atoms with E-state index in [9.17, 15) is 0 Å². The average Bonchev–Trinajstić information content (AvgIpc) is 1.64. The van der Waals surface area contributed by atoms with Crippen LogP contribution >= 0.6 is 0 Å². The molecule has 4 aliphatic rings. The van der Waals surface area contributed by atoms with Crippen molar-refractivity contribution in [3.8, 4) is 33.4 Å². The van der Waals surface area contributed by atoms with Gasteiger partial charge in [-0.05, 0) is 179 Å². The first kappa shape index (κ1) is 60.2. The van der Waals surface area contributed by atoms with Crippen LogP contribution < -0.4 is 31.1 Å². The van der Waals surface area contributed by atoms with Gasteiger partial charge in [0.25, 0.3) is 6.71 Å². The maximum Gasteiger partial charge on any atom is 0.252 e. The third-order valence-electron chi connectivity index (χ3n) is 21.3. The first-order valence-electron chi connectivity index (χ1n) is 33.7. The first-order chi connectivity index (χ1) is 43.1. The molecular formula is C87H92BN3. The zero-order valence-electron chi connectivity index (χ0n) is 57.0. The van der Waals surface area contributed by atoms with Crippen molar-refractivity contribution in [2.75, 3.05) is 14.7 Å². The fraction of sp³-hybridized carbons (Fsp3) is 0.310. The van der Waals surface area contributed by atoms with Gasteiger partial charge in [0.1, 0.15) is 0 Å². The minimum atomic E-state index is -0.363. The molecule has 1 aliphatic carbocycles. The van der Waals surface area contributed by atoms with Crippen LogP contribution in [-0.2, 0) is 32.5 Å². The number of benzene rings is 10. The van der Waals surface area contributed by atoms with Crippen LogP contribution in [0.1, 0.15) is 175 Å². The van der Waals surface area contributed by atoms with Crippen molar-refractivity contribution < 1.29 is 0 Å². The number of fused-ring (bicyclic) bond motifs is 7. The Morgan fingerprint density at radius 3 is 1.26 bits per heavy atom. The molecule has 2 atom stereocenters. The molecule has 4 heteroatoms. The molecule has 14 rings (SSSR count). The molecule has 91 heavy (non-hydrogen) atoms. The van der Waals surface area contributed by atoms with E-state index in [1.54, 1.807) is 0 Å². The van der Waals surface area contributed by atoms with E-state index in [2.05, 4.69) is 344 Å². The van der Waals surface area contributed by atoms with Gasteiger partial charge in [-0.15, -0.1) is 0 Å². The van der Waals surface area contributed by atoms with Gasteiger partial charge in [0, 0.05) is 50.7 Å². The fourth-order valence-corrected chi connectivity index (χ4v) is 16.2. The third-order valence-corrected chi connectivity index (χ3v) is 21.3. The molecule has 3 nitrogen and oxygen atoms in total. The van der Waals surface area contributed by atoms with Gasteiger partial charge in [-0.1, -0.05) is 280 Å². The molecule has 0 aromatic heterocycles. The minimum Gasteiger partial charge on any atom is -0.334 e. The van der Waals surface area contributed by atoms with Crippen LogP contribution in [0.2, 0.25) is 0 Å². The summed E-state index contributed by atoms with van der Waals surface area (Å²) >= 11 is 0. The summed E-state index contributed by atoms with van der Waals surface area (Å²) in [6.45, 7) is 37.9. The van der Waals surface area contributed by atoms with E-state index in [-0.39, 0.29) is 44.7 Å². The topological polar surface area (TPSA) is 9.72 Å². The Bertz CT molecular complexity index is 4450. The van der Waals surface area contributed by atoms with E-state index in [0.29, 0.717) is 0 Å². The zero-order chi connectivity index (χ0) is 64.0. The highest BCUT2D eigenvalue weighted by atomic mass is 15.3. The summed E-state index contributed by atoms with van der Waals surface area (Å²) in [5, 5.41) is 0. The highest BCUT2D eigenvalue weighted by Gasteiger charge is 2.62. The quantitative estimate of drug-likeness (QED) is 0.147. The molecule has 0 spiro atoms. The maximum atomic E-state index is 2.88. The molecule has 3 aliphatic heterocycles. The predicted octanol–water partition coefficient (Wildman–Crippen LogP) is 22.0. The second-order valence-electron chi connectivity index (χ2n) is 32.4. The molecule has 10 aromatic rings. The number of hydrogen-bond donors (Lipinski definition) is 0. The Balaban J connectivity index is 1.16. The molecule has 0 bridgehead atoms. The van der Waals surface area contributed by atoms with Crippen molar-refractivity contribution in [2.24, 2.45) is 0 Å². The Kier molecular flexibility index (Phi) is 14.2. The second-order valence-corrected chi connectivity index (χ2v) is 32.4. The van der Waals surface area contributed by atoms with Gasteiger partial charge < -0.3 is 14.7 Å². The van der Waals surface area contributed by atoms with Crippen molar-refractivity contribution in [1.82, 2.24) is 0 Å². The Morgan fingerprint density at radius 2 is 0.758 bits per heavy atom. The van der Waals surface area contributed by atoms with Gasteiger partial charge in [-0.2, -0.15) is 0 Å². The van der Waals surface area contributed by atoms with E-state index in [1.165, 1.54) is 129 Å². The van der Waals surface area contributed by atoms with E-state index < -0.39 is 0 Å². The smallest absolute Gasteiger partial charge is 0.252 e. The lowest BCUT2D eigenvalue weighted by atomic mass is 9.33. The standard InChI is InChI=1S/C87H92BN3/c1-81(2,3)61-35-37-62(38-36-61)87-49-27-26-48-86(87,16)91(75-46-41-65(53-70(75)87)84(10,11)12)67-55-78-80-79(56-67)90(74-45-40-64(83(7,8)9)52-69(74)59-32-24-19-25-33-59)77-50-60(57-28-20-17-21-29-57)34-43-71(77)88(80)72-54-66(85(13,14)15)42-47-76(72)89(78)73-44-39-63(82(4,5)6)51-68(73)58-30-22-18-23-31-58/h17-25,28-47,50-56H,26-27,48-49H2,1-16H3. The molecule has 0 amide bonds. The van der Waals surface area contributed by atoms with E-state index in [1.807, 2.05) is 0 Å². The largest absolute Gasteiger partial charge is 0.334 e. The van der Waals surface area contributed by atoms with Crippen LogP contribution in [0.5, 0.6) is 0 Å². The SMILES string of the molecule is CC(C)(C)c1ccc(C23CCCCC2(C)N(c2cc4c5c(c2)N(c2ccc(C(C)(C)C)cc2-c2ccccc2)c2cc(-c6ccccc6)ccc2B5c2cc(C(C)(C)C)ccc2N4c2ccc(C(C)(C)C)cc2-c2ccccc2)c2ccc(C(C)(C)C)cc23)cc1. The number of rotatable bonds is 7. The second kappa shape index (κ2) is 21.4. The lowest BCUT2D eigenvalue weighted by Gasteiger charge is -2.53. The van der Waals surface area contributed by atoms with E-state index in [0.717, 1.165) is 31.4 Å². The summed E-state index contributed by atoms with van der Waals surface area (Å²) in [5.74, 6) is 0. The normalized spacial score (nSPS) is 17.9. The van der Waals surface area contributed by atoms with Crippen molar-refractivity contribution in [3.05, 3.63) is 257 Å². The Morgan fingerprint density at radius 1 is 0.330 bits per heavy atom. The third kappa shape index (κ3) is 9.91. The molecule has 1 fully saturated rings. The van der Waals surface area contributed by atoms with E-state index in [4.69, 9.17) is 0 Å². The van der Waals surface area contributed by atoms with Gasteiger partial charge >= 0.3 is 0 Å². The molecule has 1 saturated carbocycles. The lowest BCUT2D eigenvalue weighted by Crippen LogP contribution is -2.62. The predicted molar refractivity (Wildman–Crippen MR) is 393 cm³/mol. The summed E-state index contributed by atoms with van der Waals surface area (Å²) < 4.78 is 0. The fourth-order valence-electron chi connectivity index (χ4n) is 16.2. The van der Waals surface area contributed by atoms with Gasteiger partial charge in [-0.3, -0.25) is 0 Å². The summed E-state index contributed by atoms with van der Waals surface area (Å²) in [7, 11) is 0. The Hall–Kier alpha value is -8.34. The summed E-state index contributed by atoms with van der Waals surface area (Å²) in [4.78, 5) is 8.30. The van der Waals surface area contributed by atoms with Crippen LogP contribution in [0.25, 0.3) is 33.4 Å². The lowest BCUT2D eigenvalue weighted by molar-refractivity contribution is 0.215. The van der Waals surface area contributed by atoms with Crippen LogP contribution in [0, 0.1) is 0 Å². The molecule has 2 unspecified atom stereocenters. The average molecular weight is 1190 g/mol. The summed E-state index contributed by atoms with van der Waals surface area (Å²) in [5.41, 5.74) is 29.5. The molecule has 0 radical (unpaired) electrons. The highest BCUT2D eigenvalue weighted by molar-refractivity contribution is 7.00. The molecule has 3 heterocycles. The van der Waals surface area contributed by atoms with Crippen molar-refractivity contribution >= 4 is 68.6 Å². The molecule has 458 valence electrons. The van der Waals surface area contributed by atoms with Gasteiger partial charge in [0.05, 0.1) is 16.9 Å². The summed E-state index contributed by atoms with van der Waals surface area (Å²) in [6, 6.07) is 86.0. The maximum absolute atomic E-state index is 2.88. The van der Waals surface area contributed by atoms with Crippen LogP contribution in [0.3, 0.4) is 0 Å². The Labute approximate surface area is 545 Å². The monoisotopic (exact) mass is 1190 g/mol. The van der Waals surface area contributed by atoms with Crippen LogP contribution in [-0.4, -0.2) is 12.3 Å². The molecule has 0 saturated heterocycles. The number of hydrogen-bond acceptors (Lipinski definition) is 3. The van der Waals surface area contributed by atoms with Crippen molar-refractivity contribution in [1.29, 1.82) is 0 Å². The number of anilines is 8. The van der Waals surface area contributed by atoms with Gasteiger partial charge in [-0.25, -0.2) is 0 Å². The minimum absolute atomic E-state index is 0.0273. The number of nitrogens with zero attached hydrogens (tertiary/aromatic N) is 3. The van der Waals surface area contributed by atoms with Crippen LogP contribution in [0.4, 0.5) is 45.5 Å². The van der Waals surface area contributed by atoms with Crippen LogP contribution in [0.15, 0.2) is 218 Å². The first-order valence-corrected chi connectivity index (χ1v) is 33.7. The van der Waals surface area contributed by atoms with Crippen molar-refractivity contribution in [2.45, 2.75) is 174 Å². The van der Waals surface area contributed by atoms with Gasteiger partial charge in [0.15, 0.2) is 0 Å². The molecule has 0 N–H and O–H groups in total.